The number of nitrogens with one attached hydrogen (secondary N) is 1. The van der Waals surface area contributed by atoms with Gasteiger partial charge in [-0.25, -0.2) is 4.39 Å². The minimum Gasteiger partial charge on any atom is -0.314 e. The Morgan fingerprint density at radius 1 is 1.20 bits per heavy atom. The number of piperazine rings is 1. The van der Waals surface area contributed by atoms with E-state index in [1.54, 1.807) is 0 Å². The van der Waals surface area contributed by atoms with Crippen LogP contribution in [-0.2, 0) is 0 Å². The second-order valence-electron chi connectivity index (χ2n) is 4.37. The van der Waals surface area contributed by atoms with Crippen molar-refractivity contribution in [2.45, 2.75) is 12.2 Å². The van der Waals surface area contributed by atoms with Gasteiger partial charge in [-0.1, -0.05) is 12.1 Å². The molecule has 1 aliphatic heterocycles. The van der Waals surface area contributed by atoms with E-state index in [-0.39, 0.29) is 35.5 Å². The predicted octanol–water partition coefficient (Wildman–Crippen LogP) is 3.52. The van der Waals surface area contributed by atoms with Crippen LogP contribution in [0.15, 0.2) is 22.7 Å². The third kappa shape index (κ3) is 3.84. The van der Waals surface area contributed by atoms with Gasteiger partial charge in [0.1, 0.15) is 11.9 Å². The molecule has 2 nitrogen and oxygen atoms in total. The fourth-order valence-electron chi connectivity index (χ4n) is 2.25. The van der Waals surface area contributed by atoms with E-state index in [1.165, 1.54) is 17.0 Å². The summed E-state index contributed by atoms with van der Waals surface area (Å²) in [4.78, 5) is 1.33. The van der Waals surface area contributed by atoms with Gasteiger partial charge in [-0.2, -0.15) is 13.2 Å². The smallest absolute Gasteiger partial charge is 0.314 e. The van der Waals surface area contributed by atoms with Gasteiger partial charge in [0, 0.05) is 26.2 Å². The summed E-state index contributed by atoms with van der Waals surface area (Å²) < 4.78 is 53.2. The van der Waals surface area contributed by atoms with Crippen LogP contribution in [0.4, 0.5) is 17.6 Å². The molecule has 0 amide bonds. The predicted molar refractivity (Wildman–Crippen MR) is 74.6 cm³/mol. The highest BCUT2D eigenvalue weighted by atomic mass is 79.9. The standard InChI is InChI=1S/C12H13BrF4N2.ClH/c13-10-8(2-1-3-9(10)14)11(12(15,16)17)19-6-4-18-5-7-19;/h1-3,11,18H,4-7H2;1H/t11-;/m1./s1. The fraction of sp³-hybridized carbons (Fsp3) is 0.500. The Bertz CT molecular complexity index is 450. The molecule has 0 aromatic heterocycles. The molecule has 1 aromatic carbocycles. The van der Waals surface area contributed by atoms with Crippen LogP contribution in [-0.4, -0.2) is 37.3 Å². The van der Waals surface area contributed by atoms with Crippen molar-refractivity contribution in [1.82, 2.24) is 10.2 Å². The van der Waals surface area contributed by atoms with Gasteiger partial charge in [-0.15, -0.1) is 12.4 Å². The molecule has 0 aliphatic carbocycles. The zero-order valence-electron chi connectivity index (χ0n) is 10.4. The largest absolute Gasteiger partial charge is 0.408 e. The Balaban J connectivity index is 0.00000200. The maximum Gasteiger partial charge on any atom is 0.408 e. The highest BCUT2D eigenvalue weighted by Gasteiger charge is 2.45. The molecule has 1 fully saturated rings. The van der Waals surface area contributed by atoms with Crippen molar-refractivity contribution in [3.8, 4) is 0 Å². The molecule has 2 rings (SSSR count). The first-order valence-corrected chi connectivity index (χ1v) is 6.66. The molecule has 1 N–H and O–H groups in total. The number of hydrogen-bond donors (Lipinski definition) is 1. The van der Waals surface area contributed by atoms with Crippen LogP contribution in [0, 0.1) is 5.82 Å². The zero-order chi connectivity index (χ0) is 14.0. The topological polar surface area (TPSA) is 15.3 Å². The van der Waals surface area contributed by atoms with Gasteiger partial charge in [-0.05, 0) is 27.6 Å². The van der Waals surface area contributed by atoms with Gasteiger partial charge < -0.3 is 5.32 Å². The van der Waals surface area contributed by atoms with E-state index in [4.69, 9.17) is 0 Å². The van der Waals surface area contributed by atoms with Crippen LogP contribution in [0.5, 0.6) is 0 Å². The molecule has 0 radical (unpaired) electrons. The van der Waals surface area contributed by atoms with Crippen molar-refractivity contribution in [2.75, 3.05) is 26.2 Å². The average Bonchev–Trinajstić information content (AvgIpc) is 2.35. The molecule has 0 bridgehead atoms. The third-order valence-corrected chi connectivity index (χ3v) is 3.94. The first-order valence-electron chi connectivity index (χ1n) is 5.86. The lowest BCUT2D eigenvalue weighted by Gasteiger charge is -2.36. The van der Waals surface area contributed by atoms with Crippen molar-refractivity contribution in [2.24, 2.45) is 0 Å². The van der Waals surface area contributed by atoms with E-state index in [0.717, 1.165) is 6.07 Å². The summed E-state index contributed by atoms with van der Waals surface area (Å²) in [7, 11) is 0. The third-order valence-electron chi connectivity index (χ3n) is 3.10. The Hall–Kier alpha value is -0.370. The molecule has 1 aliphatic rings. The van der Waals surface area contributed by atoms with E-state index in [9.17, 15) is 17.6 Å². The Morgan fingerprint density at radius 2 is 1.80 bits per heavy atom. The van der Waals surface area contributed by atoms with E-state index in [2.05, 4.69) is 21.2 Å². The second-order valence-corrected chi connectivity index (χ2v) is 5.17. The maximum atomic E-state index is 13.4. The number of benzene rings is 1. The van der Waals surface area contributed by atoms with Crippen LogP contribution in [0.3, 0.4) is 0 Å². The van der Waals surface area contributed by atoms with Crippen molar-refractivity contribution in [3.63, 3.8) is 0 Å². The van der Waals surface area contributed by atoms with Crippen LogP contribution < -0.4 is 5.32 Å². The first-order chi connectivity index (χ1) is 8.91. The number of rotatable bonds is 2. The van der Waals surface area contributed by atoms with E-state index >= 15 is 0 Å². The molecule has 20 heavy (non-hydrogen) atoms. The van der Waals surface area contributed by atoms with Gasteiger partial charge in [0.05, 0.1) is 4.47 Å². The molecule has 8 heteroatoms. The number of hydrogen-bond acceptors (Lipinski definition) is 2. The first kappa shape index (κ1) is 17.7. The summed E-state index contributed by atoms with van der Waals surface area (Å²) in [5.74, 6) is -0.679. The second kappa shape index (κ2) is 7.06. The SMILES string of the molecule is Cl.Fc1cccc([C@@H](N2CCNCC2)C(F)(F)F)c1Br. The average molecular weight is 378 g/mol. The van der Waals surface area contributed by atoms with Gasteiger partial charge in [0.25, 0.3) is 0 Å². The summed E-state index contributed by atoms with van der Waals surface area (Å²) in [5.41, 5.74) is -0.0746. The lowest BCUT2D eigenvalue weighted by atomic mass is 10.0. The minimum atomic E-state index is -4.44. The van der Waals surface area contributed by atoms with Crippen molar-refractivity contribution >= 4 is 28.3 Å². The Labute approximate surface area is 129 Å². The number of alkyl halides is 3. The van der Waals surface area contributed by atoms with E-state index < -0.39 is 18.0 Å². The van der Waals surface area contributed by atoms with Crippen LogP contribution >= 0.6 is 28.3 Å². The van der Waals surface area contributed by atoms with Gasteiger partial charge in [-0.3, -0.25) is 4.90 Å². The minimum absolute atomic E-state index is 0. The number of nitrogens with zero attached hydrogens (tertiary/aromatic N) is 1. The molecule has 1 heterocycles. The fourth-order valence-corrected chi connectivity index (χ4v) is 2.73. The molecule has 114 valence electrons. The van der Waals surface area contributed by atoms with Gasteiger partial charge in [0.15, 0.2) is 0 Å². The number of halogens is 6. The molecular weight excluding hydrogens is 363 g/mol. The molecule has 0 spiro atoms. The summed E-state index contributed by atoms with van der Waals surface area (Å²) in [5, 5.41) is 3.00. The van der Waals surface area contributed by atoms with Gasteiger partial charge in [0.2, 0.25) is 0 Å². The molecule has 0 saturated carbocycles. The summed E-state index contributed by atoms with van der Waals surface area (Å²) in [6, 6.07) is 1.97. The summed E-state index contributed by atoms with van der Waals surface area (Å²) in [6.45, 7) is 1.57. The zero-order valence-corrected chi connectivity index (χ0v) is 12.8. The van der Waals surface area contributed by atoms with E-state index in [0.29, 0.717) is 13.1 Å². The summed E-state index contributed by atoms with van der Waals surface area (Å²) in [6.07, 6.45) is -4.44. The lowest BCUT2D eigenvalue weighted by molar-refractivity contribution is -0.188. The Morgan fingerprint density at radius 3 is 2.35 bits per heavy atom. The highest BCUT2D eigenvalue weighted by molar-refractivity contribution is 9.10. The lowest BCUT2D eigenvalue weighted by Crippen LogP contribution is -2.49. The Kier molecular flexibility index (Phi) is 6.25. The molecule has 1 saturated heterocycles. The highest BCUT2D eigenvalue weighted by Crippen LogP contribution is 2.41. The normalized spacial score (nSPS) is 18.4. The van der Waals surface area contributed by atoms with Crippen molar-refractivity contribution in [1.29, 1.82) is 0 Å². The van der Waals surface area contributed by atoms with Crippen LogP contribution in [0.1, 0.15) is 11.6 Å². The molecule has 1 aromatic rings. The van der Waals surface area contributed by atoms with Gasteiger partial charge >= 0.3 is 6.18 Å². The van der Waals surface area contributed by atoms with E-state index in [1.807, 2.05) is 0 Å². The summed E-state index contributed by atoms with van der Waals surface area (Å²) >= 11 is 2.92. The maximum absolute atomic E-state index is 13.4. The monoisotopic (exact) mass is 376 g/mol. The van der Waals surface area contributed by atoms with Crippen molar-refractivity contribution < 1.29 is 17.6 Å². The molecular formula is C12H14BrClF4N2. The van der Waals surface area contributed by atoms with Crippen LogP contribution in [0.25, 0.3) is 0 Å². The van der Waals surface area contributed by atoms with Crippen molar-refractivity contribution in [3.05, 3.63) is 34.1 Å². The molecule has 1 atom stereocenters. The quantitative estimate of drug-likeness (QED) is 0.794. The van der Waals surface area contributed by atoms with Crippen LogP contribution in [0.2, 0.25) is 0 Å². The molecule has 0 unspecified atom stereocenters.